The van der Waals surface area contributed by atoms with Crippen molar-refractivity contribution in [1.29, 1.82) is 0 Å². The van der Waals surface area contributed by atoms with Gasteiger partial charge in [0.15, 0.2) is 0 Å². The fraction of sp³-hybridized carbons (Fsp3) is 0.172. The molecule has 0 bridgehead atoms. The molecule has 0 saturated carbocycles. The highest BCUT2D eigenvalue weighted by atomic mass is 16.3. The Morgan fingerprint density at radius 1 is 0.516 bits per heavy atom. The van der Waals surface area contributed by atoms with E-state index >= 15 is 0 Å². The Labute approximate surface area is 184 Å². The lowest BCUT2D eigenvalue weighted by molar-refractivity contribution is 0.475. The first kappa shape index (κ1) is 20.7. The van der Waals surface area contributed by atoms with Gasteiger partial charge in [0.1, 0.15) is 11.5 Å². The van der Waals surface area contributed by atoms with E-state index in [0.717, 1.165) is 11.1 Å². The largest absolute Gasteiger partial charge is 0.508 e. The third kappa shape index (κ3) is 3.82. The second-order valence-electron chi connectivity index (χ2n) is 8.68. The van der Waals surface area contributed by atoms with Crippen molar-refractivity contribution in [2.75, 3.05) is 0 Å². The third-order valence-electron chi connectivity index (χ3n) is 6.37. The summed E-state index contributed by atoms with van der Waals surface area (Å²) in [6, 6.07) is 27.7. The lowest BCUT2D eigenvalue weighted by Gasteiger charge is -2.31. The number of benzene rings is 4. The molecule has 0 spiro atoms. The van der Waals surface area contributed by atoms with Gasteiger partial charge in [-0.2, -0.15) is 0 Å². The molecule has 2 nitrogen and oxygen atoms in total. The summed E-state index contributed by atoms with van der Waals surface area (Å²) in [6.45, 7) is 8.91. The summed E-state index contributed by atoms with van der Waals surface area (Å²) in [5.41, 5.74) is 9.41. The van der Waals surface area contributed by atoms with Crippen LogP contribution in [0.25, 0.3) is 22.3 Å². The molecule has 0 aliphatic rings. The number of phenolic OH excluding ortho intramolecular Hbond substituents is 2. The second-order valence-corrected chi connectivity index (χ2v) is 8.68. The van der Waals surface area contributed by atoms with E-state index in [0.29, 0.717) is 0 Å². The predicted molar refractivity (Wildman–Crippen MR) is 129 cm³/mol. The molecule has 0 radical (unpaired) electrons. The van der Waals surface area contributed by atoms with E-state index in [2.05, 4.69) is 64.1 Å². The zero-order chi connectivity index (χ0) is 22.2. The Bertz CT molecular complexity index is 1120. The molecular formula is C29H28O2. The summed E-state index contributed by atoms with van der Waals surface area (Å²) in [5, 5.41) is 19.3. The van der Waals surface area contributed by atoms with Gasteiger partial charge in [0.05, 0.1) is 0 Å². The Balaban J connectivity index is 1.82. The van der Waals surface area contributed by atoms with Crippen LogP contribution in [0.3, 0.4) is 0 Å². The fourth-order valence-corrected chi connectivity index (χ4v) is 4.68. The van der Waals surface area contributed by atoms with Crippen molar-refractivity contribution < 1.29 is 10.2 Å². The number of rotatable bonds is 4. The van der Waals surface area contributed by atoms with E-state index in [1.807, 2.05) is 24.3 Å². The first-order chi connectivity index (χ1) is 14.8. The maximum Gasteiger partial charge on any atom is 0.115 e. The van der Waals surface area contributed by atoms with Crippen molar-refractivity contribution >= 4 is 0 Å². The molecule has 0 aliphatic carbocycles. The highest BCUT2D eigenvalue weighted by molar-refractivity contribution is 5.72. The van der Waals surface area contributed by atoms with Gasteiger partial charge < -0.3 is 10.2 Å². The van der Waals surface area contributed by atoms with Gasteiger partial charge >= 0.3 is 0 Å². The smallest absolute Gasteiger partial charge is 0.115 e. The summed E-state index contributed by atoms with van der Waals surface area (Å²) in [4.78, 5) is 0. The van der Waals surface area contributed by atoms with E-state index < -0.39 is 0 Å². The van der Waals surface area contributed by atoms with Crippen LogP contribution in [0.15, 0.2) is 84.9 Å². The van der Waals surface area contributed by atoms with Gasteiger partial charge in [-0.1, -0.05) is 74.5 Å². The van der Waals surface area contributed by atoms with E-state index in [9.17, 15) is 10.2 Å². The number of hydrogen-bond acceptors (Lipinski definition) is 2. The molecule has 4 aromatic carbocycles. The van der Waals surface area contributed by atoms with E-state index in [1.54, 1.807) is 24.3 Å². The molecule has 0 amide bonds. The molecule has 0 aromatic heterocycles. The Morgan fingerprint density at radius 2 is 0.871 bits per heavy atom. The molecule has 2 N–H and O–H groups in total. The lowest BCUT2D eigenvalue weighted by atomic mass is 9.72. The van der Waals surface area contributed by atoms with Gasteiger partial charge in [-0.05, 0) is 82.6 Å². The molecule has 0 unspecified atom stereocenters. The standard InChI is InChI=1S/C29H28O2/c1-19-25(21-11-15-23(30)16-12-21)7-5-9-27(19)29(3,4)28-10-6-8-26(20(28)2)22-13-17-24(31)18-14-22/h5-18,30-31H,1-4H3. The number of phenols is 2. The van der Waals surface area contributed by atoms with Crippen molar-refractivity contribution in [3.05, 3.63) is 107 Å². The zero-order valence-corrected chi connectivity index (χ0v) is 18.5. The Morgan fingerprint density at radius 3 is 1.23 bits per heavy atom. The minimum Gasteiger partial charge on any atom is -0.508 e. The summed E-state index contributed by atoms with van der Waals surface area (Å²) in [6.07, 6.45) is 0. The normalized spacial score (nSPS) is 11.5. The van der Waals surface area contributed by atoms with Crippen molar-refractivity contribution in [3.8, 4) is 33.8 Å². The van der Waals surface area contributed by atoms with Gasteiger partial charge in [-0.25, -0.2) is 0 Å². The summed E-state index contributed by atoms with van der Waals surface area (Å²) in [5.74, 6) is 0.555. The van der Waals surface area contributed by atoms with Gasteiger partial charge in [0.2, 0.25) is 0 Å². The van der Waals surface area contributed by atoms with E-state index in [4.69, 9.17) is 0 Å². The van der Waals surface area contributed by atoms with Gasteiger partial charge in [-0.3, -0.25) is 0 Å². The molecule has 31 heavy (non-hydrogen) atoms. The average Bonchev–Trinajstić information content (AvgIpc) is 2.75. The summed E-state index contributed by atoms with van der Waals surface area (Å²) < 4.78 is 0. The van der Waals surface area contributed by atoms with Crippen LogP contribution in [0, 0.1) is 13.8 Å². The van der Waals surface area contributed by atoms with Crippen LogP contribution in [0.5, 0.6) is 11.5 Å². The molecule has 4 rings (SSSR count). The van der Waals surface area contributed by atoms with Crippen LogP contribution in [0.2, 0.25) is 0 Å². The predicted octanol–water partition coefficient (Wildman–Crippen LogP) is 7.37. The highest BCUT2D eigenvalue weighted by Crippen LogP contribution is 2.40. The third-order valence-corrected chi connectivity index (χ3v) is 6.37. The molecule has 0 fully saturated rings. The van der Waals surface area contributed by atoms with Crippen LogP contribution in [0.4, 0.5) is 0 Å². The van der Waals surface area contributed by atoms with Crippen molar-refractivity contribution in [2.24, 2.45) is 0 Å². The Kier molecular flexibility index (Phi) is 5.32. The van der Waals surface area contributed by atoms with Crippen LogP contribution < -0.4 is 0 Å². The topological polar surface area (TPSA) is 40.5 Å². The second kappa shape index (κ2) is 7.96. The minimum atomic E-state index is -0.200. The number of hydrogen-bond donors (Lipinski definition) is 2. The van der Waals surface area contributed by atoms with Crippen LogP contribution in [-0.4, -0.2) is 10.2 Å². The molecule has 4 aromatic rings. The molecule has 0 atom stereocenters. The quantitative estimate of drug-likeness (QED) is 0.370. The summed E-state index contributed by atoms with van der Waals surface area (Å²) in [7, 11) is 0. The molecule has 2 heteroatoms. The highest BCUT2D eigenvalue weighted by Gasteiger charge is 2.28. The van der Waals surface area contributed by atoms with Gasteiger partial charge in [-0.15, -0.1) is 0 Å². The van der Waals surface area contributed by atoms with Crippen LogP contribution >= 0.6 is 0 Å². The number of aromatic hydroxyl groups is 2. The molecule has 0 aliphatic heterocycles. The summed E-state index contributed by atoms with van der Waals surface area (Å²) >= 11 is 0. The molecule has 156 valence electrons. The van der Waals surface area contributed by atoms with Crippen LogP contribution in [0.1, 0.15) is 36.1 Å². The van der Waals surface area contributed by atoms with Gasteiger partial charge in [0, 0.05) is 5.41 Å². The minimum absolute atomic E-state index is 0.200. The average molecular weight is 409 g/mol. The first-order valence-electron chi connectivity index (χ1n) is 10.6. The van der Waals surface area contributed by atoms with Gasteiger partial charge in [0.25, 0.3) is 0 Å². The maximum atomic E-state index is 9.66. The van der Waals surface area contributed by atoms with Crippen molar-refractivity contribution in [3.63, 3.8) is 0 Å². The molecule has 0 saturated heterocycles. The first-order valence-corrected chi connectivity index (χ1v) is 10.6. The molecular weight excluding hydrogens is 380 g/mol. The van der Waals surface area contributed by atoms with E-state index in [-0.39, 0.29) is 16.9 Å². The van der Waals surface area contributed by atoms with E-state index in [1.165, 1.54) is 33.4 Å². The fourth-order valence-electron chi connectivity index (χ4n) is 4.68. The maximum absolute atomic E-state index is 9.66. The Hall–Kier alpha value is -3.52. The SMILES string of the molecule is Cc1c(-c2ccc(O)cc2)cccc1C(C)(C)c1cccc(-c2ccc(O)cc2)c1C. The monoisotopic (exact) mass is 408 g/mol. The van der Waals surface area contributed by atoms with Crippen LogP contribution in [-0.2, 0) is 5.41 Å². The van der Waals surface area contributed by atoms with Crippen molar-refractivity contribution in [2.45, 2.75) is 33.1 Å². The molecule has 0 heterocycles. The van der Waals surface area contributed by atoms with Crippen molar-refractivity contribution in [1.82, 2.24) is 0 Å². The lowest BCUT2D eigenvalue weighted by Crippen LogP contribution is -2.22. The zero-order valence-electron chi connectivity index (χ0n) is 18.5.